The second-order valence-electron chi connectivity index (χ2n) is 13.6. The molecule has 0 radical (unpaired) electrons. The summed E-state index contributed by atoms with van der Waals surface area (Å²) in [6, 6.07) is 7.10. The molecule has 1 fully saturated rings. The van der Waals surface area contributed by atoms with E-state index in [4.69, 9.17) is 19.2 Å². The predicted molar refractivity (Wildman–Crippen MR) is 169 cm³/mol. The van der Waals surface area contributed by atoms with E-state index in [0.717, 1.165) is 29.4 Å². The number of nitrogens with zero attached hydrogens (tertiary/aromatic N) is 2. The number of aryl methyl sites for hydroxylation is 1. The molecule has 2 aromatic heterocycles. The fraction of sp³-hybridized carbons (Fsp3) is 0.514. The number of esters is 2. The standard InChI is InChI=1S/C35H41N3O8/c1-6-22-23-14-21(45-31(40)20-10-8-19(9-11-20)16-36-33(42)46-34(3,4)5)12-13-27(23)37-29-24(22)17-38-28(29)15-26-25(30(38)39)18-44-32(41)35(26,43)7-2/h12-15,19-20,43H,6-11,16-18H2,1-5H3,(H,36,42). The number of aromatic nitrogens is 2. The van der Waals surface area contributed by atoms with Gasteiger partial charge in [0.25, 0.3) is 5.56 Å². The highest BCUT2D eigenvalue weighted by atomic mass is 16.6. The number of fused-ring (bicyclic) bond motifs is 5. The van der Waals surface area contributed by atoms with Gasteiger partial charge >= 0.3 is 18.0 Å². The van der Waals surface area contributed by atoms with Crippen LogP contribution in [0.5, 0.6) is 5.75 Å². The third kappa shape index (κ3) is 5.65. The van der Waals surface area contributed by atoms with E-state index < -0.39 is 23.3 Å². The van der Waals surface area contributed by atoms with E-state index in [2.05, 4.69) is 5.32 Å². The summed E-state index contributed by atoms with van der Waals surface area (Å²) in [5.74, 6) is -0.522. The molecule has 1 saturated carbocycles. The number of pyridine rings is 2. The Labute approximate surface area is 267 Å². The molecule has 11 heteroatoms. The maximum absolute atomic E-state index is 13.6. The first-order valence-corrected chi connectivity index (χ1v) is 16.1. The lowest BCUT2D eigenvalue weighted by Gasteiger charge is -2.31. The molecule has 4 heterocycles. The van der Waals surface area contributed by atoms with Crippen LogP contribution in [0.25, 0.3) is 22.3 Å². The van der Waals surface area contributed by atoms with Crippen LogP contribution in [0.1, 0.15) is 89.0 Å². The second-order valence-corrected chi connectivity index (χ2v) is 13.6. The van der Waals surface area contributed by atoms with E-state index in [0.29, 0.717) is 55.0 Å². The van der Waals surface area contributed by atoms with Crippen LogP contribution in [0.3, 0.4) is 0 Å². The van der Waals surface area contributed by atoms with Gasteiger partial charge in [0.1, 0.15) is 18.0 Å². The van der Waals surface area contributed by atoms with E-state index in [1.165, 1.54) is 0 Å². The summed E-state index contributed by atoms with van der Waals surface area (Å²) in [5, 5.41) is 14.8. The highest BCUT2D eigenvalue weighted by Crippen LogP contribution is 2.41. The van der Waals surface area contributed by atoms with E-state index in [-0.39, 0.29) is 47.5 Å². The normalized spacial score (nSPS) is 22.0. The minimum atomic E-state index is -1.88. The van der Waals surface area contributed by atoms with E-state index in [9.17, 15) is 24.3 Å². The van der Waals surface area contributed by atoms with Crippen molar-refractivity contribution < 1.29 is 33.7 Å². The summed E-state index contributed by atoms with van der Waals surface area (Å²) in [5.41, 5.74) is 1.61. The van der Waals surface area contributed by atoms with Gasteiger partial charge in [-0.3, -0.25) is 9.59 Å². The molecule has 0 saturated heterocycles. The number of aliphatic hydroxyl groups is 1. The summed E-state index contributed by atoms with van der Waals surface area (Å²) in [4.78, 5) is 56.2. The molecule has 2 aliphatic heterocycles. The zero-order chi connectivity index (χ0) is 33.0. The summed E-state index contributed by atoms with van der Waals surface area (Å²) >= 11 is 0. The van der Waals surface area contributed by atoms with Crippen LogP contribution in [-0.2, 0) is 44.2 Å². The lowest BCUT2D eigenvalue weighted by atomic mass is 9.82. The Bertz CT molecular complexity index is 1800. The first-order chi connectivity index (χ1) is 21.8. The predicted octanol–water partition coefficient (Wildman–Crippen LogP) is 4.88. The molecule has 3 aliphatic rings. The average molecular weight is 632 g/mol. The van der Waals surface area contributed by atoms with Crippen molar-refractivity contribution in [2.75, 3.05) is 6.54 Å². The Kier molecular flexibility index (Phi) is 8.16. The van der Waals surface area contributed by atoms with Crippen molar-refractivity contribution in [3.05, 3.63) is 56.9 Å². The summed E-state index contributed by atoms with van der Waals surface area (Å²) < 4.78 is 18.0. The number of rotatable bonds is 6. The lowest BCUT2D eigenvalue weighted by Crippen LogP contribution is -2.44. The molecule has 2 N–H and O–H groups in total. The van der Waals surface area contributed by atoms with Gasteiger partial charge in [0.05, 0.1) is 34.9 Å². The van der Waals surface area contributed by atoms with Crippen molar-refractivity contribution >= 4 is 28.9 Å². The van der Waals surface area contributed by atoms with Gasteiger partial charge in [-0.15, -0.1) is 0 Å². The maximum Gasteiger partial charge on any atom is 0.407 e. The molecule has 11 nitrogen and oxygen atoms in total. The van der Waals surface area contributed by atoms with Crippen LogP contribution in [0.2, 0.25) is 0 Å². The van der Waals surface area contributed by atoms with Crippen LogP contribution in [0, 0.1) is 11.8 Å². The number of cyclic esters (lactones) is 1. The molecule has 3 aromatic rings. The third-order valence-corrected chi connectivity index (χ3v) is 9.46. The van der Waals surface area contributed by atoms with Gasteiger partial charge < -0.3 is 29.2 Å². The number of carbonyl (C=O) groups excluding carboxylic acids is 3. The Morgan fingerprint density at radius 1 is 1.11 bits per heavy atom. The van der Waals surface area contributed by atoms with E-state index in [1.807, 2.05) is 39.8 Å². The molecule has 0 bridgehead atoms. The second kappa shape index (κ2) is 11.8. The number of hydrogen-bond acceptors (Lipinski definition) is 9. The zero-order valence-corrected chi connectivity index (χ0v) is 27.0. The molecule has 1 aromatic carbocycles. The first kappa shape index (κ1) is 31.7. The Morgan fingerprint density at radius 3 is 2.52 bits per heavy atom. The highest BCUT2D eigenvalue weighted by molar-refractivity contribution is 5.90. The van der Waals surface area contributed by atoms with Gasteiger partial charge in [0.2, 0.25) is 0 Å². The topological polar surface area (TPSA) is 146 Å². The minimum Gasteiger partial charge on any atom is -0.458 e. The van der Waals surface area contributed by atoms with Gasteiger partial charge in [-0.1, -0.05) is 13.8 Å². The van der Waals surface area contributed by atoms with Crippen molar-refractivity contribution in [3.8, 4) is 17.1 Å². The van der Waals surface area contributed by atoms with Gasteiger partial charge in [0.15, 0.2) is 5.60 Å². The Balaban J connectivity index is 1.20. The number of hydrogen-bond donors (Lipinski definition) is 2. The van der Waals surface area contributed by atoms with Gasteiger partial charge in [-0.25, -0.2) is 14.6 Å². The van der Waals surface area contributed by atoms with Crippen molar-refractivity contribution in [2.45, 2.75) is 97.5 Å². The van der Waals surface area contributed by atoms with Gasteiger partial charge in [-0.2, -0.15) is 0 Å². The molecule has 6 rings (SSSR count). The number of alkyl carbamates (subject to hydrolysis) is 1. The first-order valence-electron chi connectivity index (χ1n) is 16.1. The molecular formula is C35H41N3O8. The number of nitrogens with one attached hydrogen (secondary N) is 1. The van der Waals surface area contributed by atoms with E-state index in [1.54, 1.807) is 23.6 Å². The monoisotopic (exact) mass is 631 g/mol. The quantitative estimate of drug-likeness (QED) is 0.225. The fourth-order valence-corrected chi connectivity index (χ4v) is 6.95. The molecule has 1 atom stereocenters. The lowest BCUT2D eigenvalue weighted by molar-refractivity contribution is -0.172. The largest absolute Gasteiger partial charge is 0.458 e. The van der Waals surface area contributed by atoms with Crippen molar-refractivity contribution in [3.63, 3.8) is 0 Å². The van der Waals surface area contributed by atoms with Gasteiger partial charge in [-0.05, 0) is 95.0 Å². The molecule has 1 aliphatic carbocycles. The zero-order valence-electron chi connectivity index (χ0n) is 27.0. The SMILES string of the molecule is CCc1c2c(nc3ccc(OC(=O)C4CCC(CNC(=O)OC(C)(C)C)CC4)cc13)-c1cc3c(c(=O)n1C2)COC(=O)C3(O)CC. The number of benzene rings is 1. The Hall–Kier alpha value is -4.25. The maximum atomic E-state index is 13.6. The number of ether oxygens (including phenoxy) is 3. The smallest absolute Gasteiger partial charge is 0.407 e. The van der Waals surface area contributed by atoms with Crippen molar-refractivity contribution in [2.24, 2.45) is 11.8 Å². The van der Waals surface area contributed by atoms with Crippen molar-refractivity contribution in [1.29, 1.82) is 0 Å². The van der Waals surface area contributed by atoms with Crippen LogP contribution < -0.4 is 15.6 Å². The summed E-state index contributed by atoms with van der Waals surface area (Å²) in [6.45, 7) is 9.83. The molecule has 46 heavy (non-hydrogen) atoms. The minimum absolute atomic E-state index is 0.0776. The van der Waals surface area contributed by atoms with Crippen LogP contribution >= 0.6 is 0 Å². The van der Waals surface area contributed by atoms with Crippen molar-refractivity contribution in [1.82, 2.24) is 14.9 Å². The molecule has 244 valence electrons. The summed E-state index contributed by atoms with van der Waals surface area (Å²) in [6.07, 6.45) is 3.29. The average Bonchev–Trinajstić information content (AvgIpc) is 3.39. The number of carbonyl (C=O) groups is 3. The van der Waals surface area contributed by atoms with Crippen LogP contribution in [0.15, 0.2) is 29.1 Å². The van der Waals surface area contributed by atoms with Gasteiger partial charge in [0, 0.05) is 23.1 Å². The highest BCUT2D eigenvalue weighted by Gasteiger charge is 2.45. The number of amides is 1. The molecule has 0 spiro atoms. The molecule has 1 amide bonds. The molecular weight excluding hydrogens is 590 g/mol. The van der Waals surface area contributed by atoms with E-state index >= 15 is 0 Å². The van der Waals surface area contributed by atoms with Crippen LogP contribution in [-0.4, -0.2) is 44.8 Å². The Morgan fingerprint density at radius 2 is 1.85 bits per heavy atom. The third-order valence-electron chi connectivity index (χ3n) is 9.46. The fourth-order valence-electron chi connectivity index (χ4n) is 6.95. The summed E-state index contributed by atoms with van der Waals surface area (Å²) in [7, 11) is 0. The molecule has 1 unspecified atom stereocenters. The van der Waals surface area contributed by atoms with Crippen LogP contribution in [0.4, 0.5) is 4.79 Å².